The highest BCUT2D eigenvalue weighted by Crippen LogP contribution is 2.26. The Balaban J connectivity index is 3.15. The summed E-state index contributed by atoms with van der Waals surface area (Å²) in [5.74, 6) is -2.51. The maximum atomic E-state index is 13.6. The quantitative estimate of drug-likeness (QED) is 0.683. The van der Waals surface area contributed by atoms with E-state index in [0.29, 0.717) is 12.2 Å². The number of carbonyl (C=O) groups excluding carboxylic acids is 1. The van der Waals surface area contributed by atoms with Crippen LogP contribution in [0.2, 0.25) is 0 Å². The minimum Gasteiger partial charge on any atom is -0.478 e. The van der Waals surface area contributed by atoms with E-state index in [9.17, 15) is 14.0 Å². The third-order valence-corrected chi connectivity index (χ3v) is 2.68. The number of likely N-dealkylation sites (N-methyl/N-ethyl adjacent to an activating group) is 2. The molecule has 0 unspecified atom stereocenters. The molecule has 1 amide bonds. The Morgan fingerprint density at radius 2 is 2.11 bits per heavy atom. The average molecular weight is 269 g/mol. The second-order valence-corrected chi connectivity index (χ2v) is 3.88. The molecule has 0 bridgehead atoms. The van der Waals surface area contributed by atoms with Crippen LogP contribution >= 0.6 is 0 Å². The molecule has 19 heavy (non-hydrogen) atoms. The molecule has 1 aromatic carbocycles. The number of benzene rings is 1. The topological polar surface area (TPSA) is 95.7 Å². The molecule has 1 aromatic rings. The van der Waals surface area contributed by atoms with Crippen LogP contribution in [0.1, 0.15) is 17.3 Å². The van der Waals surface area contributed by atoms with Crippen molar-refractivity contribution in [2.24, 2.45) is 0 Å². The lowest BCUT2D eigenvalue weighted by Gasteiger charge is -2.24. The van der Waals surface area contributed by atoms with Crippen LogP contribution in [0.3, 0.4) is 0 Å². The lowest BCUT2D eigenvalue weighted by Crippen LogP contribution is -2.36. The number of anilines is 2. The zero-order valence-electron chi connectivity index (χ0n) is 10.7. The van der Waals surface area contributed by atoms with Crippen LogP contribution in [0, 0.1) is 5.82 Å². The number of halogens is 1. The molecule has 4 N–H and O–H groups in total. The fraction of sp³-hybridized carbons (Fsp3) is 0.333. The Labute approximate surface area is 110 Å². The van der Waals surface area contributed by atoms with E-state index in [0.717, 1.165) is 12.1 Å². The van der Waals surface area contributed by atoms with Crippen molar-refractivity contribution in [3.8, 4) is 0 Å². The molecule has 0 radical (unpaired) electrons. The van der Waals surface area contributed by atoms with Gasteiger partial charge in [0, 0.05) is 19.7 Å². The molecule has 104 valence electrons. The van der Waals surface area contributed by atoms with E-state index in [4.69, 9.17) is 10.8 Å². The van der Waals surface area contributed by atoms with Gasteiger partial charge in [-0.3, -0.25) is 4.79 Å². The molecule has 0 aromatic heterocycles. The van der Waals surface area contributed by atoms with Crippen LogP contribution in [-0.4, -0.2) is 37.1 Å². The molecule has 0 heterocycles. The first-order chi connectivity index (χ1) is 8.90. The molecule has 6 nitrogen and oxygen atoms in total. The minimum atomic E-state index is -1.38. The number of carboxylic acid groups (broad SMARTS) is 1. The van der Waals surface area contributed by atoms with Gasteiger partial charge < -0.3 is 21.1 Å². The molecular weight excluding hydrogens is 253 g/mol. The van der Waals surface area contributed by atoms with Crippen molar-refractivity contribution >= 4 is 23.3 Å². The van der Waals surface area contributed by atoms with E-state index in [1.807, 2.05) is 0 Å². The van der Waals surface area contributed by atoms with Crippen molar-refractivity contribution in [2.75, 3.05) is 30.8 Å². The summed E-state index contributed by atoms with van der Waals surface area (Å²) in [4.78, 5) is 23.7. The predicted molar refractivity (Wildman–Crippen MR) is 69.7 cm³/mol. The van der Waals surface area contributed by atoms with Gasteiger partial charge in [0.2, 0.25) is 5.91 Å². The molecular formula is C12H16FN3O3. The highest BCUT2D eigenvalue weighted by molar-refractivity contribution is 5.91. The predicted octanol–water partition coefficient (Wildman–Crippen LogP) is 0.678. The summed E-state index contributed by atoms with van der Waals surface area (Å²) in [6.07, 6.45) is 0. The smallest absolute Gasteiger partial charge is 0.338 e. The molecule has 0 spiro atoms. The summed E-state index contributed by atoms with van der Waals surface area (Å²) in [5.41, 5.74) is 5.64. The van der Waals surface area contributed by atoms with Gasteiger partial charge in [-0.05, 0) is 13.0 Å². The number of nitrogens with one attached hydrogen (secondary N) is 1. The Kier molecular flexibility index (Phi) is 4.68. The average Bonchev–Trinajstić information content (AvgIpc) is 2.37. The van der Waals surface area contributed by atoms with Crippen molar-refractivity contribution in [3.05, 3.63) is 23.5 Å². The van der Waals surface area contributed by atoms with Crippen molar-refractivity contribution < 1.29 is 19.1 Å². The first-order valence-electron chi connectivity index (χ1n) is 5.68. The van der Waals surface area contributed by atoms with Gasteiger partial charge in [0.15, 0.2) is 0 Å². The van der Waals surface area contributed by atoms with Gasteiger partial charge in [-0.2, -0.15) is 0 Å². The van der Waals surface area contributed by atoms with Crippen molar-refractivity contribution in [3.63, 3.8) is 0 Å². The number of nitrogens with zero attached hydrogens (tertiary/aromatic N) is 1. The largest absolute Gasteiger partial charge is 0.478 e. The van der Waals surface area contributed by atoms with Gasteiger partial charge in [0.25, 0.3) is 0 Å². The lowest BCUT2D eigenvalue weighted by atomic mass is 10.1. The molecule has 0 aliphatic rings. The molecule has 0 aliphatic carbocycles. The molecule has 0 saturated heterocycles. The second-order valence-electron chi connectivity index (χ2n) is 3.88. The summed E-state index contributed by atoms with van der Waals surface area (Å²) in [6.45, 7) is 2.23. The first kappa shape index (κ1) is 14.7. The minimum absolute atomic E-state index is 0.0169. The number of nitrogen functional groups attached to an aromatic ring is 1. The van der Waals surface area contributed by atoms with Crippen molar-refractivity contribution in [1.82, 2.24) is 5.32 Å². The van der Waals surface area contributed by atoms with Crippen LogP contribution in [0.25, 0.3) is 0 Å². The number of nitrogens with two attached hydrogens (primary N) is 1. The van der Waals surface area contributed by atoms with Crippen molar-refractivity contribution in [2.45, 2.75) is 6.92 Å². The Morgan fingerprint density at radius 1 is 1.47 bits per heavy atom. The van der Waals surface area contributed by atoms with Gasteiger partial charge >= 0.3 is 5.97 Å². The zero-order chi connectivity index (χ0) is 14.6. The number of aromatic carboxylic acids is 1. The maximum Gasteiger partial charge on any atom is 0.338 e. The first-order valence-corrected chi connectivity index (χ1v) is 5.68. The van der Waals surface area contributed by atoms with Gasteiger partial charge in [-0.25, -0.2) is 9.18 Å². The standard InChI is InChI=1S/C12H16FN3O3/c1-3-16(6-11(17)15-2)10-5-8(13)7(12(18)19)4-9(10)14/h4-5H,3,6,14H2,1-2H3,(H,15,17)(H,18,19). The normalized spacial score (nSPS) is 10.1. The van der Waals surface area contributed by atoms with E-state index in [-0.39, 0.29) is 18.1 Å². The summed E-state index contributed by atoms with van der Waals surface area (Å²) in [7, 11) is 1.49. The number of carbonyl (C=O) groups is 2. The molecule has 1 rings (SSSR count). The van der Waals surface area contributed by atoms with E-state index >= 15 is 0 Å². The van der Waals surface area contributed by atoms with E-state index < -0.39 is 17.3 Å². The lowest BCUT2D eigenvalue weighted by molar-refractivity contribution is -0.119. The van der Waals surface area contributed by atoms with Gasteiger partial charge in [0.05, 0.1) is 23.5 Å². The fourth-order valence-electron chi connectivity index (χ4n) is 1.64. The fourth-order valence-corrected chi connectivity index (χ4v) is 1.64. The zero-order valence-corrected chi connectivity index (χ0v) is 10.7. The molecule has 0 saturated carbocycles. The van der Waals surface area contributed by atoms with E-state index in [1.165, 1.54) is 7.05 Å². The van der Waals surface area contributed by atoms with Crippen molar-refractivity contribution in [1.29, 1.82) is 0 Å². The summed E-state index contributed by atoms with van der Waals surface area (Å²) in [5, 5.41) is 11.2. The van der Waals surface area contributed by atoms with E-state index in [2.05, 4.69) is 5.32 Å². The number of rotatable bonds is 5. The second kappa shape index (κ2) is 6.03. The monoisotopic (exact) mass is 269 g/mol. The third kappa shape index (κ3) is 3.34. The molecule has 0 aliphatic heterocycles. The Morgan fingerprint density at radius 3 is 2.58 bits per heavy atom. The van der Waals surface area contributed by atoms with Crippen LogP contribution in [0.4, 0.5) is 15.8 Å². The van der Waals surface area contributed by atoms with Gasteiger partial charge in [-0.15, -0.1) is 0 Å². The maximum absolute atomic E-state index is 13.6. The molecule has 0 fully saturated rings. The van der Waals surface area contributed by atoms with Crippen LogP contribution < -0.4 is 16.0 Å². The van der Waals surface area contributed by atoms with Crippen LogP contribution in [0.15, 0.2) is 12.1 Å². The molecule has 0 atom stereocenters. The summed E-state index contributed by atoms with van der Waals surface area (Å²) in [6, 6.07) is 2.09. The van der Waals surface area contributed by atoms with Gasteiger partial charge in [-0.1, -0.05) is 0 Å². The number of hydrogen-bond acceptors (Lipinski definition) is 4. The van der Waals surface area contributed by atoms with Gasteiger partial charge in [0.1, 0.15) is 5.82 Å². The highest BCUT2D eigenvalue weighted by Gasteiger charge is 2.18. The third-order valence-electron chi connectivity index (χ3n) is 2.68. The van der Waals surface area contributed by atoms with Crippen LogP contribution in [0.5, 0.6) is 0 Å². The number of hydrogen-bond donors (Lipinski definition) is 3. The molecule has 7 heteroatoms. The summed E-state index contributed by atoms with van der Waals surface area (Å²) < 4.78 is 13.6. The Hall–Kier alpha value is -2.31. The SMILES string of the molecule is CCN(CC(=O)NC)c1cc(F)c(C(=O)O)cc1N. The Bertz CT molecular complexity index is 505. The highest BCUT2D eigenvalue weighted by atomic mass is 19.1. The van der Waals surface area contributed by atoms with Crippen LogP contribution in [-0.2, 0) is 4.79 Å². The summed E-state index contributed by atoms with van der Waals surface area (Å²) >= 11 is 0. The number of amides is 1. The number of carboxylic acids is 1. The van der Waals surface area contributed by atoms with E-state index in [1.54, 1.807) is 11.8 Å².